The highest BCUT2D eigenvalue weighted by molar-refractivity contribution is 7.90. The van der Waals surface area contributed by atoms with Crippen LogP contribution >= 0.6 is 0 Å². The summed E-state index contributed by atoms with van der Waals surface area (Å²) in [5, 5.41) is 7.65. The molecule has 0 saturated carbocycles. The van der Waals surface area contributed by atoms with Gasteiger partial charge < -0.3 is 16.0 Å². The molecule has 2 heterocycles. The number of nitrogen functional groups attached to an aromatic ring is 1. The molecular weight excluding hydrogens is 540 g/mol. The first kappa shape index (κ1) is 27.9. The summed E-state index contributed by atoms with van der Waals surface area (Å²) >= 11 is 0. The second-order valence-electron chi connectivity index (χ2n) is 10.2. The van der Waals surface area contributed by atoms with Gasteiger partial charge in [0.05, 0.1) is 23.2 Å². The van der Waals surface area contributed by atoms with Crippen LogP contribution in [0.15, 0.2) is 77.7 Å². The monoisotopic (exact) mass is 572 g/mol. The molecule has 10 nitrogen and oxygen atoms in total. The van der Waals surface area contributed by atoms with Crippen LogP contribution in [0.1, 0.15) is 56.1 Å². The number of sulfonamides is 1. The van der Waals surface area contributed by atoms with Crippen molar-refractivity contribution in [3.63, 3.8) is 0 Å². The van der Waals surface area contributed by atoms with Gasteiger partial charge in [0.25, 0.3) is 21.8 Å². The van der Waals surface area contributed by atoms with E-state index in [0.717, 1.165) is 17.9 Å². The van der Waals surface area contributed by atoms with Crippen LogP contribution in [-0.4, -0.2) is 36.6 Å². The van der Waals surface area contributed by atoms with E-state index in [9.17, 15) is 18.0 Å². The number of rotatable bonds is 8. The Morgan fingerprint density at radius 1 is 0.976 bits per heavy atom. The second-order valence-corrected chi connectivity index (χ2v) is 11.9. The zero-order chi connectivity index (χ0) is 29.3. The lowest BCUT2D eigenvalue weighted by Crippen LogP contribution is -2.31. The molecule has 1 aliphatic rings. The van der Waals surface area contributed by atoms with Crippen LogP contribution in [0.5, 0.6) is 0 Å². The van der Waals surface area contributed by atoms with Crippen molar-refractivity contribution >= 4 is 33.3 Å². The molecule has 212 valence electrons. The third kappa shape index (κ3) is 5.94. The van der Waals surface area contributed by atoms with E-state index in [1.807, 2.05) is 24.6 Å². The molecule has 0 aliphatic carbocycles. The summed E-state index contributed by atoms with van der Waals surface area (Å²) in [7, 11) is -4.05. The van der Waals surface area contributed by atoms with Crippen LogP contribution in [0.3, 0.4) is 0 Å². The maximum atomic E-state index is 13.5. The Hall–Kier alpha value is -4.64. The zero-order valence-electron chi connectivity index (χ0n) is 23.1. The largest absolute Gasteiger partial charge is 0.399 e. The number of carbonyl (C=O) groups is 2. The molecule has 4 N–H and O–H groups in total. The molecule has 2 amide bonds. The molecule has 41 heavy (non-hydrogen) atoms. The molecule has 3 aromatic carbocycles. The molecule has 0 unspecified atom stereocenters. The van der Waals surface area contributed by atoms with Crippen LogP contribution in [0.4, 0.5) is 11.5 Å². The fraction of sp³-hybridized carbons (Fsp3) is 0.233. The minimum absolute atomic E-state index is 0.0626. The van der Waals surface area contributed by atoms with E-state index in [0.29, 0.717) is 30.0 Å². The highest BCUT2D eigenvalue weighted by atomic mass is 32.2. The van der Waals surface area contributed by atoms with Crippen LogP contribution in [-0.2, 0) is 23.1 Å². The van der Waals surface area contributed by atoms with Crippen LogP contribution < -0.4 is 20.7 Å². The van der Waals surface area contributed by atoms with Gasteiger partial charge in [0.2, 0.25) is 0 Å². The normalized spacial score (nSPS) is 13.5. The minimum Gasteiger partial charge on any atom is -0.399 e. The molecule has 1 atom stereocenters. The number of hydrogen-bond donors (Lipinski definition) is 3. The van der Waals surface area contributed by atoms with Crippen LogP contribution in [0, 0.1) is 13.8 Å². The summed E-state index contributed by atoms with van der Waals surface area (Å²) in [5.41, 5.74) is 10.5. The summed E-state index contributed by atoms with van der Waals surface area (Å²) in [6.07, 6.45) is 0. The molecule has 1 aromatic heterocycles. The highest BCUT2D eigenvalue weighted by Gasteiger charge is 2.30. The lowest BCUT2D eigenvalue weighted by Gasteiger charge is -2.20. The van der Waals surface area contributed by atoms with Gasteiger partial charge in [0, 0.05) is 24.3 Å². The minimum atomic E-state index is -4.05. The Morgan fingerprint density at radius 2 is 1.68 bits per heavy atom. The van der Waals surface area contributed by atoms with E-state index < -0.39 is 15.9 Å². The first-order valence-electron chi connectivity index (χ1n) is 13.2. The summed E-state index contributed by atoms with van der Waals surface area (Å²) in [6, 6.07) is 19.9. The Bertz CT molecular complexity index is 1710. The van der Waals surface area contributed by atoms with Crippen molar-refractivity contribution in [2.24, 2.45) is 0 Å². The first-order valence-corrected chi connectivity index (χ1v) is 14.7. The van der Waals surface area contributed by atoms with Gasteiger partial charge in [0.15, 0.2) is 0 Å². The number of fused-ring (bicyclic) bond motifs is 1. The van der Waals surface area contributed by atoms with Crippen molar-refractivity contribution in [1.82, 2.24) is 19.8 Å². The summed E-state index contributed by atoms with van der Waals surface area (Å²) in [4.78, 5) is 28.2. The third-order valence-electron chi connectivity index (χ3n) is 7.10. The average Bonchev–Trinajstić information content (AvgIpc) is 3.46. The molecular formula is C30H32N6O4S. The van der Waals surface area contributed by atoms with E-state index in [4.69, 9.17) is 5.73 Å². The average molecular weight is 573 g/mol. The lowest BCUT2D eigenvalue weighted by molar-refractivity contribution is 0.0937. The Labute approximate surface area is 239 Å². The van der Waals surface area contributed by atoms with Crippen molar-refractivity contribution in [2.75, 3.05) is 17.2 Å². The summed E-state index contributed by atoms with van der Waals surface area (Å²) < 4.78 is 29.1. The number of nitrogens with zero attached hydrogens (tertiary/aromatic N) is 3. The molecule has 0 bridgehead atoms. The SMILES string of the molecule is Cc1cccc(CN2CCn3nc(C)c(C(=O)N[C@@H](C)c4ccc(C(=O)NS(=O)(=O)c5ccc(N)cc5)cc4)c32)c1. The molecule has 0 radical (unpaired) electrons. The zero-order valence-corrected chi connectivity index (χ0v) is 23.9. The number of amides is 2. The number of anilines is 2. The predicted octanol–water partition coefficient (Wildman–Crippen LogP) is 3.71. The van der Waals surface area contributed by atoms with Gasteiger partial charge in [-0.1, -0.05) is 42.0 Å². The van der Waals surface area contributed by atoms with E-state index >= 15 is 0 Å². The number of hydrogen-bond acceptors (Lipinski definition) is 7. The lowest BCUT2D eigenvalue weighted by atomic mass is 10.1. The van der Waals surface area contributed by atoms with Crippen LogP contribution in [0.25, 0.3) is 0 Å². The van der Waals surface area contributed by atoms with Gasteiger partial charge in [-0.3, -0.25) is 9.59 Å². The predicted molar refractivity (Wildman–Crippen MR) is 157 cm³/mol. The van der Waals surface area contributed by atoms with Crippen LogP contribution in [0.2, 0.25) is 0 Å². The molecule has 0 fully saturated rings. The highest BCUT2D eigenvalue weighted by Crippen LogP contribution is 2.30. The first-order chi connectivity index (χ1) is 19.5. The number of aryl methyl sites for hydroxylation is 2. The standard InChI is InChI=1S/C30H32N6O4S/c1-19-5-4-6-22(17-19)18-35-15-16-36-30(35)27(21(3)33-36)29(38)32-20(2)23-7-9-24(10-8-23)28(37)34-41(39,40)26-13-11-25(31)12-14-26/h4-14,17,20H,15-16,18,31H2,1-3H3,(H,32,38)(H,34,37)/t20-/m0/s1. The maximum absolute atomic E-state index is 13.5. The third-order valence-corrected chi connectivity index (χ3v) is 8.45. The van der Waals surface area contributed by atoms with Crippen molar-refractivity contribution in [3.05, 3.63) is 106 Å². The molecule has 0 saturated heterocycles. The van der Waals surface area contributed by atoms with Gasteiger partial charge in [-0.05, 0) is 68.3 Å². The Balaban J connectivity index is 1.27. The summed E-state index contributed by atoms with van der Waals surface area (Å²) in [5.74, 6) is -0.184. The fourth-order valence-corrected chi connectivity index (χ4v) is 5.95. The molecule has 11 heteroatoms. The quantitative estimate of drug-likeness (QED) is 0.274. The number of aromatic nitrogens is 2. The van der Waals surface area contributed by atoms with Crippen molar-refractivity contribution in [3.8, 4) is 0 Å². The van der Waals surface area contributed by atoms with E-state index in [2.05, 4.69) is 45.2 Å². The number of carbonyl (C=O) groups excluding carboxylic acids is 2. The smallest absolute Gasteiger partial charge is 0.264 e. The van der Waals surface area contributed by atoms with Gasteiger partial charge in [-0.2, -0.15) is 5.10 Å². The molecule has 4 aromatic rings. The fourth-order valence-electron chi connectivity index (χ4n) is 4.98. The van der Waals surface area contributed by atoms with Crippen molar-refractivity contribution < 1.29 is 18.0 Å². The Kier molecular flexibility index (Phi) is 7.55. The summed E-state index contributed by atoms with van der Waals surface area (Å²) in [6.45, 7) is 7.90. The molecule has 0 spiro atoms. The van der Waals surface area contributed by atoms with Crippen molar-refractivity contribution in [2.45, 2.75) is 44.8 Å². The van der Waals surface area contributed by atoms with Crippen molar-refractivity contribution in [1.29, 1.82) is 0 Å². The number of nitrogens with two attached hydrogens (primary N) is 1. The van der Waals surface area contributed by atoms with E-state index in [1.54, 1.807) is 12.1 Å². The maximum Gasteiger partial charge on any atom is 0.264 e. The number of nitrogens with one attached hydrogen (secondary N) is 2. The van der Waals surface area contributed by atoms with Gasteiger partial charge in [-0.15, -0.1) is 0 Å². The van der Waals surface area contributed by atoms with E-state index in [-0.39, 0.29) is 22.4 Å². The molecule has 1 aliphatic heterocycles. The van der Waals surface area contributed by atoms with Gasteiger partial charge in [-0.25, -0.2) is 17.8 Å². The van der Waals surface area contributed by atoms with Gasteiger partial charge >= 0.3 is 0 Å². The van der Waals surface area contributed by atoms with E-state index in [1.165, 1.54) is 47.5 Å². The molecule has 5 rings (SSSR count). The number of benzene rings is 3. The Morgan fingerprint density at radius 3 is 2.37 bits per heavy atom. The second kappa shape index (κ2) is 11.1. The topological polar surface area (TPSA) is 139 Å². The van der Waals surface area contributed by atoms with Gasteiger partial charge in [0.1, 0.15) is 11.4 Å².